The second kappa shape index (κ2) is 3.99. The van der Waals surface area contributed by atoms with Crippen molar-refractivity contribution in [3.8, 4) is 0 Å². The van der Waals surface area contributed by atoms with E-state index in [1.54, 1.807) is 0 Å². The molecule has 1 atom stereocenters. The van der Waals surface area contributed by atoms with Crippen molar-refractivity contribution in [3.63, 3.8) is 0 Å². The molecule has 2 rings (SSSR count). The van der Waals surface area contributed by atoms with Gasteiger partial charge in [0.2, 0.25) is 0 Å². The minimum atomic E-state index is 0.645. The average molecular weight is 261 g/mol. The number of nitrogens with one attached hydrogen (secondary N) is 1. The van der Waals surface area contributed by atoms with Crippen LogP contribution in [0.2, 0.25) is 5.02 Å². The summed E-state index contributed by atoms with van der Waals surface area (Å²) in [6.45, 7) is 2.21. The zero-order valence-corrected chi connectivity index (χ0v) is 9.53. The van der Waals surface area contributed by atoms with E-state index < -0.39 is 0 Å². The van der Waals surface area contributed by atoms with Gasteiger partial charge in [-0.2, -0.15) is 0 Å². The van der Waals surface area contributed by atoms with Crippen LogP contribution in [0.1, 0.15) is 17.9 Å². The molecule has 1 aliphatic heterocycles. The first-order valence-electron chi connectivity index (χ1n) is 4.43. The third-order valence-electron chi connectivity index (χ3n) is 2.46. The predicted molar refractivity (Wildman–Crippen MR) is 59.4 cm³/mol. The molecule has 1 saturated heterocycles. The van der Waals surface area contributed by atoms with Crippen LogP contribution in [-0.4, -0.2) is 13.1 Å². The van der Waals surface area contributed by atoms with Crippen LogP contribution in [0.4, 0.5) is 0 Å². The fourth-order valence-corrected chi connectivity index (χ4v) is 2.76. The van der Waals surface area contributed by atoms with Gasteiger partial charge in [-0.1, -0.05) is 33.6 Å². The lowest BCUT2D eigenvalue weighted by Gasteiger charge is -2.10. The quantitative estimate of drug-likeness (QED) is 0.818. The van der Waals surface area contributed by atoms with E-state index in [-0.39, 0.29) is 0 Å². The van der Waals surface area contributed by atoms with Gasteiger partial charge in [-0.15, -0.1) is 0 Å². The van der Waals surface area contributed by atoms with Crippen LogP contribution in [0.5, 0.6) is 0 Å². The van der Waals surface area contributed by atoms with Crippen molar-refractivity contribution in [2.24, 2.45) is 0 Å². The van der Waals surface area contributed by atoms with E-state index in [2.05, 4.69) is 27.3 Å². The molecule has 1 fully saturated rings. The minimum absolute atomic E-state index is 0.645. The Balaban J connectivity index is 2.29. The van der Waals surface area contributed by atoms with Gasteiger partial charge in [0.1, 0.15) is 0 Å². The average Bonchev–Trinajstić information content (AvgIpc) is 2.56. The number of benzene rings is 1. The zero-order chi connectivity index (χ0) is 9.26. The Labute approximate surface area is 91.6 Å². The maximum absolute atomic E-state index is 5.88. The van der Waals surface area contributed by atoms with E-state index >= 15 is 0 Å². The summed E-state index contributed by atoms with van der Waals surface area (Å²) in [5, 5.41) is 4.15. The molecule has 0 radical (unpaired) electrons. The van der Waals surface area contributed by atoms with E-state index in [1.807, 2.05) is 12.1 Å². The molecule has 1 aromatic rings. The van der Waals surface area contributed by atoms with E-state index in [0.29, 0.717) is 5.92 Å². The van der Waals surface area contributed by atoms with Crippen molar-refractivity contribution in [1.29, 1.82) is 0 Å². The van der Waals surface area contributed by atoms with Crippen molar-refractivity contribution in [3.05, 3.63) is 33.3 Å². The lowest BCUT2D eigenvalue weighted by molar-refractivity contribution is 0.760. The standard InChI is InChI=1S/C10H11BrClN/c11-10-5-8(12)1-2-9(10)7-3-4-13-6-7/h1-2,5,7,13H,3-4,6H2. The third kappa shape index (κ3) is 2.06. The molecule has 1 N–H and O–H groups in total. The van der Waals surface area contributed by atoms with Gasteiger partial charge >= 0.3 is 0 Å². The van der Waals surface area contributed by atoms with Crippen molar-refractivity contribution < 1.29 is 0 Å². The number of rotatable bonds is 1. The Morgan fingerprint density at radius 1 is 1.46 bits per heavy atom. The lowest BCUT2D eigenvalue weighted by Crippen LogP contribution is -2.08. The molecule has 0 saturated carbocycles. The van der Waals surface area contributed by atoms with Crippen LogP contribution in [-0.2, 0) is 0 Å². The number of hydrogen-bond donors (Lipinski definition) is 1. The van der Waals surface area contributed by atoms with E-state index in [4.69, 9.17) is 11.6 Å². The van der Waals surface area contributed by atoms with Crippen molar-refractivity contribution in [2.45, 2.75) is 12.3 Å². The SMILES string of the molecule is Clc1ccc(C2CCNC2)c(Br)c1. The summed E-state index contributed by atoms with van der Waals surface area (Å²) in [6, 6.07) is 6.04. The molecule has 1 aliphatic rings. The highest BCUT2D eigenvalue weighted by atomic mass is 79.9. The summed E-state index contributed by atoms with van der Waals surface area (Å²) in [6.07, 6.45) is 1.22. The smallest absolute Gasteiger partial charge is 0.0417 e. The topological polar surface area (TPSA) is 12.0 Å². The molecular formula is C10H11BrClN. The van der Waals surface area contributed by atoms with Crippen LogP contribution in [0.15, 0.2) is 22.7 Å². The normalized spacial score (nSPS) is 22.2. The summed E-state index contributed by atoms with van der Waals surface area (Å²) < 4.78 is 1.13. The summed E-state index contributed by atoms with van der Waals surface area (Å²) in [4.78, 5) is 0. The van der Waals surface area contributed by atoms with E-state index in [0.717, 1.165) is 22.6 Å². The molecule has 0 spiro atoms. The Morgan fingerprint density at radius 3 is 2.92 bits per heavy atom. The molecule has 1 heterocycles. The number of hydrogen-bond acceptors (Lipinski definition) is 1. The van der Waals surface area contributed by atoms with Gasteiger partial charge in [0.15, 0.2) is 0 Å². The van der Waals surface area contributed by atoms with E-state index in [9.17, 15) is 0 Å². The second-order valence-electron chi connectivity index (χ2n) is 3.36. The monoisotopic (exact) mass is 259 g/mol. The van der Waals surface area contributed by atoms with Gasteiger partial charge in [-0.25, -0.2) is 0 Å². The Hall–Kier alpha value is -0.0500. The molecule has 0 aromatic heterocycles. The van der Waals surface area contributed by atoms with Crippen LogP contribution >= 0.6 is 27.5 Å². The molecule has 1 nitrogen and oxygen atoms in total. The molecular weight excluding hydrogens is 249 g/mol. The van der Waals surface area contributed by atoms with Crippen LogP contribution in [0.25, 0.3) is 0 Å². The summed E-state index contributed by atoms with van der Waals surface area (Å²) in [7, 11) is 0. The fraction of sp³-hybridized carbons (Fsp3) is 0.400. The van der Waals surface area contributed by atoms with Gasteiger partial charge in [-0.3, -0.25) is 0 Å². The zero-order valence-electron chi connectivity index (χ0n) is 7.19. The van der Waals surface area contributed by atoms with Crippen molar-refractivity contribution >= 4 is 27.5 Å². The van der Waals surface area contributed by atoms with Gasteiger partial charge in [0, 0.05) is 16.0 Å². The first-order chi connectivity index (χ1) is 6.27. The third-order valence-corrected chi connectivity index (χ3v) is 3.38. The highest BCUT2D eigenvalue weighted by Crippen LogP contribution is 2.30. The fourth-order valence-electron chi connectivity index (χ4n) is 1.75. The Bertz CT molecular complexity index is 308. The molecule has 3 heteroatoms. The Kier molecular flexibility index (Phi) is 2.92. The summed E-state index contributed by atoms with van der Waals surface area (Å²) in [5.41, 5.74) is 1.37. The van der Waals surface area contributed by atoms with Crippen molar-refractivity contribution in [2.75, 3.05) is 13.1 Å². The van der Waals surface area contributed by atoms with Gasteiger partial charge in [-0.05, 0) is 36.6 Å². The van der Waals surface area contributed by atoms with Crippen LogP contribution < -0.4 is 5.32 Å². The Morgan fingerprint density at radius 2 is 2.31 bits per heavy atom. The van der Waals surface area contributed by atoms with Crippen molar-refractivity contribution in [1.82, 2.24) is 5.32 Å². The van der Waals surface area contributed by atoms with Gasteiger partial charge in [0.25, 0.3) is 0 Å². The van der Waals surface area contributed by atoms with Crippen LogP contribution in [0, 0.1) is 0 Å². The molecule has 0 aliphatic carbocycles. The molecule has 1 aromatic carbocycles. The molecule has 0 bridgehead atoms. The molecule has 0 amide bonds. The lowest BCUT2D eigenvalue weighted by atomic mass is 9.99. The van der Waals surface area contributed by atoms with E-state index in [1.165, 1.54) is 12.0 Å². The minimum Gasteiger partial charge on any atom is -0.316 e. The van der Waals surface area contributed by atoms with Gasteiger partial charge < -0.3 is 5.32 Å². The molecule has 1 unspecified atom stereocenters. The summed E-state index contributed by atoms with van der Waals surface area (Å²) in [5.74, 6) is 0.645. The second-order valence-corrected chi connectivity index (χ2v) is 4.65. The molecule has 70 valence electrons. The highest BCUT2D eigenvalue weighted by molar-refractivity contribution is 9.10. The predicted octanol–water partition coefficient (Wildman–Crippen LogP) is 3.18. The van der Waals surface area contributed by atoms with Crippen LogP contribution in [0.3, 0.4) is 0 Å². The number of halogens is 2. The van der Waals surface area contributed by atoms with Gasteiger partial charge in [0.05, 0.1) is 0 Å². The largest absolute Gasteiger partial charge is 0.316 e. The molecule has 13 heavy (non-hydrogen) atoms. The maximum Gasteiger partial charge on any atom is 0.0417 e. The maximum atomic E-state index is 5.88. The first-order valence-corrected chi connectivity index (χ1v) is 5.60. The summed E-state index contributed by atoms with van der Waals surface area (Å²) >= 11 is 9.42. The first kappa shape index (κ1) is 9.50. The highest BCUT2D eigenvalue weighted by Gasteiger charge is 2.18.